The van der Waals surface area contributed by atoms with Crippen LogP contribution in [-0.2, 0) is 6.42 Å². The van der Waals surface area contributed by atoms with Gasteiger partial charge < -0.3 is 4.74 Å². The first kappa shape index (κ1) is 11.8. The van der Waals surface area contributed by atoms with E-state index in [-0.39, 0.29) is 5.60 Å². The molecule has 1 saturated carbocycles. The fourth-order valence-corrected chi connectivity index (χ4v) is 3.88. The summed E-state index contributed by atoms with van der Waals surface area (Å²) in [5.41, 5.74) is 2.88. The summed E-state index contributed by atoms with van der Waals surface area (Å²) in [4.78, 5) is 2.68. The van der Waals surface area contributed by atoms with E-state index in [9.17, 15) is 0 Å². The van der Waals surface area contributed by atoms with Gasteiger partial charge in [0.25, 0.3) is 0 Å². The van der Waals surface area contributed by atoms with Crippen molar-refractivity contribution in [3.05, 3.63) is 29.3 Å². The third-order valence-corrected chi connectivity index (χ3v) is 5.33. The number of benzene rings is 1. The van der Waals surface area contributed by atoms with Crippen LogP contribution in [0.15, 0.2) is 18.2 Å². The van der Waals surface area contributed by atoms with Crippen LogP contribution in [0.1, 0.15) is 43.2 Å². The molecule has 0 radical (unpaired) electrons. The quantitative estimate of drug-likeness (QED) is 0.765. The minimum absolute atomic E-state index is 0.123. The van der Waals surface area contributed by atoms with Gasteiger partial charge in [0, 0.05) is 25.6 Å². The van der Waals surface area contributed by atoms with Crippen molar-refractivity contribution >= 4 is 0 Å². The molecule has 1 atom stereocenters. The molecule has 2 heteroatoms. The van der Waals surface area contributed by atoms with Gasteiger partial charge in [0.05, 0.1) is 0 Å². The molecule has 1 aromatic carbocycles. The third-order valence-electron chi connectivity index (χ3n) is 5.33. The number of aryl methyl sites for hydroxylation is 2. The summed E-state index contributed by atoms with van der Waals surface area (Å²) in [5.74, 6) is 1.15. The molecule has 2 aliphatic heterocycles. The lowest BCUT2D eigenvalue weighted by atomic mass is 9.89. The molecular formula is C17H23NO. The Labute approximate surface area is 115 Å². The van der Waals surface area contributed by atoms with Gasteiger partial charge >= 0.3 is 0 Å². The Balaban J connectivity index is 1.53. The minimum atomic E-state index is 0.123. The van der Waals surface area contributed by atoms with Crippen LogP contribution in [0.5, 0.6) is 5.75 Å². The maximum Gasteiger partial charge on any atom is 0.123 e. The summed E-state index contributed by atoms with van der Waals surface area (Å²) in [6, 6.07) is 7.51. The Morgan fingerprint density at radius 3 is 2.95 bits per heavy atom. The first-order chi connectivity index (χ1) is 9.24. The number of hydrogen-bond acceptors (Lipinski definition) is 2. The normalized spacial score (nSPS) is 31.0. The van der Waals surface area contributed by atoms with Crippen LogP contribution in [0.25, 0.3) is 0 Å². The topological polar surface area (TPSA) is 12.5 Å². The largest absolute Gasteiger partial charge is 0.486 e. The van der Waals surface area contributed by atoms with Crippen molar-refractivity contribution in [3.63, 3.8) is 0 Å². The summed E-state index contributed by atoms with van der Waals surface area (Å²) in [6.07, 6.45) is 7.86. The highest BCUT2D eigenvalue weighted by Crippen LogP contribution is 2.41. The molecule has 1 unspecified atom stereocenters. The van der Waals surface area contributed by atoms with Gasteiger partial charge in [0.2, 0.25) is 0 Å². The number of ether oxygens (including phenoxy) is 1. The summed E-state index contributed by atoms with van der Waals surface area (Å²) < 4.78 is 6.44. The second-order valence-electron chi connectivity index (χ2n) is 6.70. The minimum Gasteiger partial charge on any atom is -0.486 e. The predicted octanol–water partition coefficient (Wildman–Crippen LogP) is 3.32. The molecule has 0 amide bonds. The number of nitrogens with zero attached hydrogens (tertiary/aromatic N) is 1. The number of rotatable bonds is 1. The molecule has 19 heavy (non-hydrogen) atoms. The smallest absolute Gasteiger partial charge is 0.123 e. The molecular weight excluding hydrogens is 234 g/mol. The Morgan fingerprint density at radius 1 is 1.26 bits per heavy atom. The highest BCUT2D eigenvalue weighted by molar-refractivity contribution is 5.39. The van der Waals surface area contributed by atoms with Crippen LogP contribution in [0, 0.1) is 6.92 Å². The van der Waals surface area contributed by atoms with Crippen LogP contribution < -0.4 is 4.74 Å². The van der Waals surface area contributed by atoms with E-state index in [1.54, 1.807) is 0 Å². The van der Waals surface area contributed by atoms with E-state index in [1.165, 1.54) is 56.2 Å². The van der Waals surface area contributed by atoms with Crippen LogP contribution in [0.3, 0.4) is 0 Å². The van der Waals surface area contributed by atoms with Gasteiger partial charge in [-0.2, -0.15) is 0 Å². The van der Waals surface area contributed by atoms with E-state index in [4.69, 9.17) is 4.74 Å². The molecule has 1 saturated heterocycles. The molecule has 102 valence electrons. The SMILES string of the molecule is Cc1ccc2c(c1)CCC1(CCN(C3CCC3)C1)O2. The van der Waals surface area contributed by atoms with Crippen LogP contribution in [0.2, 0.25) is 0 Å². The zero-order valence-electron chi connectivity index (χ0n) is 11.8. The average molecular weight is 257 g/mol. The summed E-state index contributed by atoms with van der Waals surface area (Å²) >= 11 is 0. The van der Waals surface area contributed by atoms with E-state index in [1.807, 2.05) is 0 Å². The van der Waals surface area contributed by atoms with E-state index in [0.717, 1.165) is 18.3 Å². The van der Waals surface area contributed by atoms with Crippen LogP contribution in [0.4, 0.5) is 0 Å². The van der Waals surface area contributed by atoms with Crippen LogP contribution >= 0.6 is 0 Å². The maximum absolute atomic E-state index is 6.44. The van der Waals surface area contributed by atoms with Crippen molar-refractivity contribution in [2.45, 2.75) is 57.1 Å². The van der Waals surface area contributed by atoms with Gasteiger partial charge in [-0.15, -0.1) is 0 Å². The Bertz CT molecular complexity index is 494. The molecule has 0 aromatic heterocycles. The average Bonchev–Trinajstić information content (AvgIpc) is 2.71. The third kappa shape index (κ3) is 1.97. The van der Waals surface area contributed by atoms with Gasteiger partial charge in [-0.05, 0) is 44.2 Å². The Hall–Kier alpha value is -1.02. The Kier molecular flexibility index (Phi) is 2.63. The molecule has 2 heterocycles. The molecule has 1 aliphatic carbocycles. The molecule has 2 fully saturated rings. The molecule has 0 N–H and O–H groups in total. The lowest BCUT2D eigenvalue weighted by Gasteiger charge is -2.39. The van der Waals surface area contributed by atoms with Crippen molar-refractivity contribution in [2.24, 2.45) is 0 Å². The van der Waals surface area contributed by atoms with Crippen molar-refractivity contribution in [3.8, 4) is 5.75 Å². The van der Waals surface area contributed by atoms with E-state index in [0.29, 0.717) is 0 Å². The van der Waals surface area contributed by atoms with Crippen molar-refractivity contribution < 1.29 is 4.74 Å². The number of fused-ring (bicyclic) bond motifs is 1. The van der Waals surface area contributed by atoms with E-state index >= 15 is 0 Å². The van der Waals surface area contributed by atoms with E-state index < -0.39 is 0 Å². The fourth-order valence-electron chi connectivity index (χ4n) is 3.88. The zero-order valence-corrected chi connectivity index (χ0v) is 11.8. The summed E-state index contributed by atoms with van der Waals surface area (Å²) in [7, 11) is 0. The highest BCUT2D eigenvalue weighted by atomic mass is 16.5. The standard InChI is InChI=1S/C17H23NO/c1-13-5-6-16-14(11-13)7-8-17(19-16)9-10-18(12-17)15-3-2-4-15/h5-6,11,15H,2-4,7-10,12H2,1H3. The van der Waals surface area contributed by atoms with Gasteiger partial charge in [0.1, 0.15) is 11.4 Å². The van der Waals surface area contributed by atoms with Crippen molar-refractivity contribution in [1.29, 1.82) is 0 Å². The van der Waals surface area contributed by atoms with Gasteiger partial charge in [-0.1, -0.05) is 24.1 Å². The Morgan fingerprint density at radius 2 is 2.16 bits per heavy atom. The molecule has 4 rings (SSSR count). The highest BCUT2D eigenvalue weighted by Gasteiger charge is 2.45. The molecule has 1 spiro atoms. The first-order valence-corrected chi connectivity index (χ1v) is 7.77. The lowest BCUT2D eigenvalue weighted by molar-refractivity contribution is 0.0413. The fraction of sp³-hybridized carbons (Fsp3) is 0.647. The maximum atomic E-state index is 6.44. The first-order valence-electron chi connectivity index (χ1n) is 7.77. The zero-order chi connectivity index (χ0) is 12.9. The second kappa shape index (κ2) is 4.24. The van der Waals surface area contributed by atoms with Crippen molar-refractivity contribution in [2.75, 3.05) is 13.1 Å². The summed E-state index contributed by atoms with van der Waals surface area (Å²) in [5, 5.41) is 0. The molecule has 0 bridgehead atoms. The number of hydrogen-bond donors (Lipinski definition) is 0. The van der Waals surface area contributed by atoms with Gasteiger partial charge in [-0.25, -0.2) is 0 Å². The monoisotopic (exact) mass is 257 g/mol. The summed E-state index contributed by atoms with van der Waals surface area (Å²) in [6.45, 7) is 4.56. The van der Waals surface area contributed by atoms with Crippen LogP contribution in [-0.4, -0.2) is 29.6 Å². The number of likely N-dealkylation sites (tertiary alicyclic amines) is 1. The lowest BCUT2D eigenvalue weighted by Crippen LogP contribution is -2.45. The van der Waals surface area contributed by atoms with E-state index in [2.05, 4.69) is 30.0 Å². The molecule has 3 aliphatic rings. The second-order valence-corrected chi connectivity index (χ2v) is 6.70. The van der Waals surface area contributed by atoms with Gasteiger partial charge in [-0.3, -0.25) is 4.90 Å². The molecule has 1 aromatic rings. The molecule has 2 nitrogen and oxygen atoms in total. The van der Waals surface area contributed by atoms with Crippen molar-refractivity contribution in [1.82, 2.24) is 4.90 Å². The predicted molar refractivity (Wildman–Crippen MR) is 76.7 cm³/mol. The van der Waals surface area contributed by atoms with Gasteiger partial charge in [0.15, 0.2) is 0 Å².